The average Bonchev–Trinajstić information content (AvgIpc) is 3.22. The standard InChI is InChI=1S/C20H32Si.2CH3.2ClH.Zr/c1-21(2,19-12-6-9-15-8-5-11-18(15)19)20-14-13-16-7-3-4-10-17(16)20;;;;;/h19-20H,3-14H2,1-2H3;2*1H3;2*1H;/q;2*-1;;;+4/p-2/t19-,20+;;;;;/m1...../s1. The summed E-state index contributed by atoms with van der Waals surface area (Å²) in [4.78, 5) is 0. The van der Waals surface area contributed by atoms with Gasteiger partial charge < -0.3 is 14.9 Å². The molecular weight excluding hydrogens is 454 g/mol. The van der Waals surface area contributed by atoms with Gasteiger partial charge in [-0.15, -0.1) is 0 Å². The summed E-state index contributed by atoms with van der Waals surface area (Å²) in [6.07, 6.45) is 17.8. The minimum atomic E-state index is -1.18. The Morgan fingerprint density at radius 1 is 0.692 bits per heavy atom. The number of hydrogen-bond donors (Lipinski definition) is 0. The maximum atomic E-state index is 4.93. The van der Waals surface area contributed by atoms with E-state index in [0.29, 0.717) is 0 Å². The van der Waals surface area contributed by atoms with Gasteiger partial charge in [-0.2, -0.15) is 0 Å². The third kappa shape index (κ3) is 5.20. The molecule has 148 valence electrons. The van der Waals surface area contributed by atoms with Gasteiger partial charge in [0.1, 0.15) is 0 Å². The first kappa shape index (κ1) is 25.2. The molecule has 0 aromatic rings. The fourth-order valence-electron chi connectivity index (χ4n) is 6.30. The summed E-state index contributed by atoms with van der Waals surface area (Å²) in [6.45, 7) is 5.53. The van der Waals surface area contributed by atoms with Crippen LogP contribution in [0.15, 0.2) is 22.3 Å². The van der Waals surface area contributed by atoms with Crippen molar-refractivity contribution in [3.8, 4) is 0 Å². The molecule has 0 bridgehead atoms. The Morgan fingerprint density at radius 3 is 1.85 bits per heavy atom. The molecule has 0 radical (unpaired) electrons. The van der Waals surface area contributed by atoms with Crippen molar-refractivity contribution in [1.29, 1.82) is 0 Å². The summed E-state index contributed by atoms with van der Waals surface area (Å²) in [7, 11) is 8.69. The van der Waals surface area contributed by atoms with Crippen LogP contribution in [-0.4, -0.2) is 8.07 Å². The zero-order chi connectivity index (χ0) is 17.2. The second-order valence-corrected chi connectivity index (χ2v) is 17.5. The van der Waals surface area contributed by atoms with Gasteiger partial charge in [0.2, 0.25) is 0 Å². The Morgan fingerprint density at radius 2 is 1.15 bits per heavy atom. The summed E-state index contributed by atoms with van der Waals surface area (Å²) >= 11 is -0.826. The quantitative estimate of drug-likeness (QED) is 0.205. The molecule has 0 aliphatic heterocycles. The minimum absolute atomic E-state index is 0. The first-order valence-electron chi connectivity index (χ1n) is 9.97. The van der Waals surface area contributed by atoms with Crippen molar-refractivity contribution < 1.29 is 20.8 Å². The molecule has 0 fully saturated rings. The van der Waals surface area contributed by atoms with Gasteiger partial charge in [-0.05, 0) is 88.1 Å². The van der Waals surface area contributed by atoms with Crippen LogP contribution in [0.25, 0.3) is 0 Å². The Labute approximate surface area is 183 Å². The van der Waals surface area contributed by atoms with E-state index in [1.54, 1.807) is 0 Å². The van der Waals surface area contributed by atoms with Crippen molar-refractivity contribution in [2.75, 3.05) is 0 Å². The molecule has 4 aliphatic carbocycles. The van der Waals surface area contributed by atoms with Crippen LogP contribution in [0, 0.1) is 14.9 Å². The Bertz CT molecular complexity index is 524. The van der Waals surface area contributed by atoms with Gasteiger partial charge >= 0.3 is 37.9 Å². The third-order valence-electron chi connectivity index (χ3n) is 7.35. The average molecular weight is 493 g/mol. The van der Waals surface area contributed by atoms with Crippen LogP contribution in [0.5, 0.6) is 0 Å². The van der Waals surface area contributed by atoms with Crippen molar-refractivity contribution in [2.45, 2.75) is 101 Å². The van der Waals surface area contributed by atoms with E-state index >= 15 is 0 Å². The van der Waals surface area contributed by atoms with Crippen molar-refractivity contribution >= 4 is 25.1 Å². The molecule has 0 aromatic carbocycles. The molecule has 0 saturated heterocycles. The summed E-state index contributed by atoms with van der Waals surface area (Å²) in [6, 6.07) is 0. The van der Waals surface area contributed by atoms with E-state index in [-0.39, 0.29) is 14.9 Å². The van der Waals surface area contributed by atoms with Crippen molar-refractivity contribution in [3.05, 3.63) is 37.1 Å². The second-order valence-electron chi connectivity index (χ2n) is 8.75. The molecular formula is C22H38Cl2SiZr. The fraction of sp³-hybridized carbons (Fsp3) is 0.727. The van der Waals surface area contributed by atoms with Crippen molar-refractivity contribution in [2.24, 2.45) is 0 Å². The number of halogens is 2. The molecule has 4 rings (SSSR count). The molecule has 0 amide bonds. The van der Waals surface area contributed by atoms with E-state index in [2.05, 4.69) is 13.1 Å². The molecule has 0 N–H and O–H groups in total. The maximum absolute atomic E-state index is 4.93. The van der Waals surface area contributed by atoms with E-state index in [0.717, 1.165) is 11.1 Å². The first-order chi connectivity index (χ1) is 11.6. The number of hydrogen-bond acceptors (Lipinski definition) is 0. The van der Waals surface area contributed by atoms with E-state index < -0.39 is 28.9 Å². The van der Waals surface area contributed by atoms with Gasteiger partial charge in [-0.25, -0.2) is 0 Å². The van der Waals surface area contributed by atoms with Gasteiger partial charge in [0.05, 0.1) is 8.07 Å². The Kier molecular flexibility index (Phi) is 11.0. The molecule has 2 atom stereocenters. The second kappa shape index (κ2) is 11.4. The molecule has 0 unspecified atom stereocenters. The van der Waals surface area contributed by atoms with Crippen LogP contribution in [0.2, 0.25) is 24.2 Å². The zero-order valence-corrected chi connectivity index (χ0v) is 22.4. The van der Waals surface area contributed by atoms with Crippen LogP contribution in [-0.2, 0) is 20.8 Å². The molecule has 0 heterocycles. The van der Waals surface area contributed by atoms with Crippen LogP contribution in [0.3, 0.4) is 0 Å². The molecule has 26 heavy (non-hydrogen) atoms. The van der Waals surface area contributed by atoms with E-state index in [9.17, 15) is 0 Å². The Hall–Kier alpha value is 1.16. The topological polar surface area (TPSA) is 0 Å². The van der Waals surface area contributed by atoms with Crippen LogP contribution >= 0.6 is 17.0 Å². The third-order valence-corrected chi connectivity index (χ3v) is 12.2. The first-order valence-corrected chi connectivity index (χ1v) is 19.5. The fourth-order valence-corrected chi connectivity index (χ4v) is 11.1. The number of allylic oxidation sites excluding steroid dienone is 4. The predicted octanol–water partition coefficient (Wildman–Crippen LogP) is 9.04. The SMILES string of the molecule is C[Si](C)([C@@H]1CCCC2=C1CCC2)[C@H]1CCC2=C1CCCC2.[CH3-].[CH3-].[Cl][Zr+2][Cl]. The monoisotopic (exact) mass is 490 g/mol. The number of rotatable bonds is 2. The molecule has 4 aliphatic rings. The molecule has 4 heteroatoms. The normalized spacial score (nSPS) is 27.4. The van der Waals surface area contributed by atoms with Crippen LogP contribution in [0.1, 0.15) is 77.0 Å². The summed E-state index contributed by atoms with van der Waals surface area (Å²) < 4.78 is 0. The van der Waals surface area contributed by atoms with Gasteiger partial charge in [-0.3, -0.25) is 0 Å². The van der Waals surface area contributed by atoms with E-state index in [1.165, 1.54) is 77.0 Å². The van der Waals surface area contributed by atoms with Crippen LogP contribution < -0.4 is 0 Å². The molecule has 0 saturated carbocycles. The molecule has 0 nitrogen and oxygen atoms in total. The zero-order valence-electron chi connectivity index (χ0n) is 17.4. The van der Waals surface area contributed by atoms with E-state index in [1.807, 2.05) is 22.3 Å². The van der Waals surface area contributed by atoms with Crippen molar-refractivity contribution in [1.82, 2.24) is 0 Å². The van der Waals surface area contributed by atoms with E-state index in [4.69, 9.17) is 17.0 Å². The van der Waals surface area contributed by atoms with Crippen LogP contribution in [0.4, 0.5) is 0 Å². The predicted molar refractivity (Wildman–Crippen MR) is 119 cm³/mol. The molecule has 0 aromatic heterocycles. The van der Waals surface area contributed by atoms with Gasteiger partial charge in [0, 0.05) is 0 Å². The summed E-state index contributed by atoms with van der Waals surface area (Å²) in [5, 5.41) is 0. The summed E-state index contributed by atoms with van der Waals surface area (Å²) in [5.41, 5.74) is 9.91. The van der Waals surface area contributed by atoms with Gasteiger partial charge in [0.25, 0.3) is 0 Å². The van der Waals surface area contributed by atoms with Gasteiger partial charge in [-0.1, -0.05) is 35.4 Å². The Balaban J connectivity index is 0.000000635. The van der Waals surface area contributed by atoms with Crippen molar-refractivity contribution in [3.63, 3.8) is 0 Å². The van der Waals surface area contributed by atoms with Gasteiger partial charge in [0.15, 0.2) is 0 Å². The summed E-state index contributed by atoms with van der Waals surface area (Å²) in [5.74, 6) is 0. The molecule has 0 spiro atoms.